The van der Waals surface area contributed by atoms with Crippen LogP contribution < -0.4 is 5.32 Å². The Morgan fingerprint density at radius 3 is 2.85 bits per heavy atom. The number of thiophene rings is 1. The van der Waals surface area contributed by atoms with Crippen molar-refractivity contribution in [3.8, 4) is 0 Å². The second-order valence-corrected chi connectivity index (χ2v) is 6.07. The molecular formula is C16H18N2OS. The van der Waals surface area contributed by atoms with E-state index in [1.807, 2.05) is 35.2 Å². The monoisotopic (exact) mass is 286 g/mol. The molecule has 0 bridgehead atoms. The number of hydrogen-bond acceptors (Lipinski definition) is 2. The summed E-state index contributed by atoms with van der Waals surface area (Å²) in [5, 5.41) is 5.10. The van der Waals surface area contributed by atoms with E-state index in [4.69, 9.17) is 0 Å². The quantitative estimate of drug-likeness (QED) is 0.921. The van der Waals surface area contributed by atoms with Crippen LogP contribution in [0.5, 0.6) is 0 Å². The second-order valence-electron chi connectivity index (χ2n) is 5.09. The largest absolute Gasteiger partial charge is 0.334 e. The molecule has 4 heteroatoms. The van der Waals surface area contributed by atoms with Crippen molar-refractivity contribution in [3.05, 3.63) is 58.3 Å². The van der Waals surface area contributed by atoms with Crippen LogP contribution in [-0.4, -0.2) is 24.0 Å². The van der Waals surface area contributed by atoms with Gasteiger partial charge in [0.05, 0.1) is 0 Å². The molecule has 1 N–H and O–H groups in total. The summed E-state index contributed by atoms with van der Waals surface area (Å²) in [5.41, 5.74) is 1.13. The first kappa shape index (κ1) is 13.2. The van der Waals surface area contributed by atoms with Crippen LogP contribution in [0.4, 0.5) is 4.79 Å². The van der Waals surface area contributed by atoms with Gasteiger partial charge in [-0.1, -0.05) is 36.4 Å². The first-order chi connectivity index (χ1) is 9.83. The highest BCUT2D eigenvalue weighted by Crippen LogP contribution is 2.30. The Balaban J connectivity index is 1.51. The maximum atomic E-state index is 12.2. The summed E-state index contributed by atoms with van der Waals surface area (Å²) >= 11 is 1.79. The fourth-order valence-electron chi connectivity index (χ4n) is 2.59. The third kappa shape index (κ3) is 3.02. The summed E-state index contributed by atoms with van der Waals surface area (Å²) < 4.78 is 0. The van der Waals surface area contributed by atoms with E-state index in [0.717, 1.165) is 25.1 Å². The van der Waals surface area contributed by atoms with Gasteiger partial charge in [-0.05, 0) is 23.4 Å². The summed E-state index contributed by atoms with van der Waals surface area (Å²) in [6.07, 6.45) is 1.07. The van der Waals surface area contributed by atoms with Crippen LogP contribution in [0.3, 0.4) is 0 Å². The van der Waals surface area contributed by atoms with Gasteiger partial charge in [0.1, 0.15) is 0 Å². The molecule has 1 aliphatic rings. The number of hydrogen-bond donors (Lipinski definition) is 1. The number of nitrogens with zero attached hydrogens (tertiary/aromatic N) is 1. The number of amides is 2. The Labute approximate surface area is 123 Å². The zero-order chi connectivity index (χ0) is 13.8. The maximum absolute atomic E-state index is 12.2. The lowest BCUT2D eigenvalue weighted by Gasteiger charge is -2.17. The van der Waals surface area contributed by atoms with Crippen molar-refractivity contribution in [2.45, 2.75) is 18.9 Å². The molecule has 1 fully saturated rings. The third-order valence-electron chi connectivity index (χ3n) is 3.71. The van der Waals surface area contributed by atoms with Gasteiger partial charge in [0.2, 0.25) is 0 Å². The number of urea groups is 1. The standard InChI is InChI=1S/C16H18N2OS/c19-16(17-11-13-5-2-1-3-6-13)18-9-8-14(12-18)15-7-4-10-20-15/h1-7,10,14H,8-9,11-12H2,(H,17,19). The summed E-state index contributed by atoms with van der Waals surface area (Å²) in [5.74, 6) is 0.512. The number of likely N-dealkylation sites (tertiary alicyclic amines) is 1. The number of carbonyl (C=O) groups is 1. The van der Waals surface area contributed by atoms with E-state index in [2.05, 4.69) is 22.8 Å². The number of carbonyl (C=O) groups excluding carboxylic acids is 1. The summed E-state index contributed by atoms with van der Waals surface area (Å²) in [7, 11) is 0. The van der Waals surface area contributed by atoms with Crippen molar-refractivity contribution in [2.24, 2.45) is 0 Å². The highest BCUT2D eigenvalue weighted by atomic mass is 32.1. The van der Waals surface area contributed by atoms with Crippen LogP contribution in [0, 0.1) is 0 Å². The van der Waals surface area contributed by atoms with Crippen molar-refractivity contribution in [1.82, 2.24) is 10.2 Å². The Morgan fingerprint density at radius 2 is 2.10 bits per heavy atom. The Hall–Kier alpha value is -1.81. The van der Waals surface area contributed by atoms with Crippen LogP contribution in [0.15, 0.2) is 47.8 Å². The molecule has 1 aromatic heterocycles. The van der Waals surface area contributed by atoms with E-state index in [0.29, 0.717) is 12.5 Å². The molecule has 104 valence electrons. The molecule has 1 aromatic carbocycles. The Morgan fingerprint density at radius 1 is 1.25 bits per heavy atom. The Kier molecular flexibility index (Phi) is 4.02. The third-order valence-corrected chi connectivity index (χ3v) is 4.74. The van der Waals surface area contributed by atoms with Crippen molar-refractivity contribution >= 4 is 17.4 Å². The minimum atomic E-state index is 0.0490. The molecule has 0 radical (unpaired) electrons. The van der Waals surface area contributed by atoms with E-state index < -0.39 is 0 Å². The van der Waals surface area contributed by atoms with E-state index in [9.17, 15) is 4.79 Å². The van der Waals surface area contributed by atoms with Gasteiger partial charge in [-0.3, -0.25) is 0 Å². The van der Waals surface area contributed by atoms with Gasteiger partial charge in [-0.25, -0.2) is 4.79 Å². The van der Waals surface area contributed by atoms with Crippen LogP contribution >= 0.6 is 11.3 Å². The molecule has 3 nitrogen and oxygen atoms in total. The molecule has 2 aromatic rings. The second kappa shape index (κ2) is 6.09. The minimum Gasteiger partial charge on any atom is -0.334 e. The van der Waals surface area contributed by atoms with E-state index >= 15 is 0 Å². The molecule has 1 aliphatic heterocycles. The zero-order valence-corrected chi connectivity index (χ0v) is 12.1. The molecule has 3 rings (SSSR count). The minimum absolute atomic E-state index is 0.0490. The molecule has 0 aliphatic carbocycles. The maximum Gasteiger partial charge on any atom is 0.317 e. The molecule has 2 heterocycles. The van der Waals surface area contributed by atoms with Crippen LogP contribution in [0.25, 0.3) is 0 Å². The number of nitrogens with one attached hydrogen (secondary N) is 1. The first-order valence-corrected chi connectivity index (χ1v) is 7.81. The molecule has 20 heavy (non-hydrogen) atoms. The van der Waals surface area contributed by atoms with Crippen molar-refractivity contribution < 1.29 is 4.79 Å². The number of rotatable bonds is 3. The van der Waals surface area contributed by atoms with Gasteiger partial charge >= 0.3 is 6.03 Å². The summed E-state index contributed by atoms with van der Waals surface area (Å²) in [4.78, 5) is 15.5. The van der Waals surface area contributed by atoms with Gasteiger partial charge in [0, 0.05) is 30.4 Å². The highest BCUT2D eigenvalue weighted by Gasteiger charge is 2.27. The van der Waals surface area contributed by atoms with Gasteiger partial charge in [0.25, 0.3) is 0 Å². The van der Waals surface area contributed by atoms with E-state index in [-0.39, 0.29) is 6.03 Å². The lowest BCUT2D eigenvalue weighted by Crippen LogP contribution is -2.37. The lowest BCUT2D eigenvalue weighted by molar-refractivity contribution is 0.208. The van der Waals surface area contributed by atoms with E-state index in [1.165, 1.54) is 4.88 Å². The summed E-state index contributed by atoms with van der Waals surface area (Å²) in [6, 6.07) is 14.3. The predicted octanol–water partition coefficient (Wildman–Crippen LogP) is 3.45. The molecule has 0 spiro atoms. The molecule has 0 saturated carbocycles. The fraction of sp³-hybridized carbons (Fsp3) is 0.312. The average Bonchev–Trinajstić information content (AvgIpc) is 3.16. The van der Waals surface area contributed by atoms with Gasteiger partial charge in [-0.15, -0.1) is 11.3 Å². The van der Waals surface area contributed by atoms with Crippen LogP contribution in [-0.2, 0) is 6.54 Å². The number of benzene rings is 1. The molecule has 2 amide bonds. The van der Waals surface area contributed by atoms with Crippen LogP contribution in [0.2, 0.25) is 0 Å². The predicted molar refractivity (Wildman–Crippen MR) is 81.9 cm³/mol. The van der Waals surface area contributed by atoms with Gasteiger partial charge in [0.15, 0.2) is 0 Å². The SMILES string of the molecule is O=C(NCc1ccccc1)N1CCC(c2cccs2)C1. The average molecular weight is 286 g/mol. The topological polar surface area (TPSA) is 32.3 Å². The van der Waals surface area contributed by atoms with Crippen LogP contribution in [0.1, 0.15) is 22.8 Å². The van der Waals surface area contributed by atoms with Crippen molar-refractivity contribution in [2.75, 3.05) is 13.1 Å². The highest BCUT2D eigenvalue weighted by molar-refractivity contribution is 7.10. The molecular weight excluding hydrogens is 268 g/mol. The first-order valence-electron chi connectivity index (χ1n) is 6.93. The summed E-state index contributed by atoms with van der Waals surface area (Å²) in [6.45, 7) is 2.28. The van der Waals surface area contributed by atoms with E-state index in [1.54, 1.807) is 11.3 Å². The van der Waals surface area contributed by atoms with Crippen molar-refractivity contribution in [1.29, 1.82) is 0 Å². The normalized spacial score (nSPS) is 18.2. The zero-order valence-electron chi connectivity index (χ0n) is 11.3. The smallest absolute Gasteiger partial charge is 0.317 e. The van der Waals surface area contributed by atoms with Gasteiger partial charge < -0.3 is 10.2 Å². The fourth-order valence-corrected chi connectivity index (χ4v) is 3.44. The molecule has 1 atom stereocenters. The molecule has 1 unspecified atom stereocenters. The molecule has 1 saturated heterocycles. The lowest BCUT2D eigenvalue weighted by atomic mass is 10.1. The van der Waals surface area contributed by atoms with Gasteiger partial charge in [-0.2, -0.15) is 0 Å². The Bertz CT molecular complexity index is 553. The van der Waals surface area contributed by atoms with Crippen molar-refractivity contribution in [3.63, 3.8) is 0 Å².